The number of carbonyl (C=O) groups excluding carboxylic acids is 2. The minimum atomic E-state index is -0.309. The molecule has 0 heterocycles. The number of carbonyl (C=O) groups is 2. The molecule has 0 aliphatic heterocycles. The topological polar surface area (TPSA) is 58.2 Å². The van der Waals surface area contributed by atoms with Gasteiger partial charge in [0.1, 0.15) is 5.82 Å². The number of anilines is 1. The van der Waals surface area contributed by atoms with Gasteiger partial charge in [-0.2, -0.15) is 0 Å². The Bertz CT molecular complexity index is 686. The SMILES string of the molecule is CNC(=O)c1cccc(NC(=O)CCc2cccc(F)c2)c1. The van der Waals surface area contributed by atoms with Crippen molar-refractivity contribution in [2.45, 2.75) is 12.8 Å². The van der Waals surface area contributed by atoms with Crippen LogP contribution in [-0.2, 0) is 11.2 Å². The van der Waals surface area contributed by atoms with E-state index in [1.165, 1.54) is 12.1 Å². The van der Waals surface area contributed by atoms with Crippen LogP contribution in [0.1, 0.15) is 22.3 Å². The summed E-state index contributed by atoms with van der Waals surface area (Å²) in [6, 6.07) is 12.9. The first-order chi connectivity index (χ1) is 10.6. The van der Waals surface area contributed by atoms with Crippen LogP contribution >= 0.6 is 0 Å². The average Bonchev–Trinajstić information content (AvgIpc) is 2.52. The number of halogens is 1. The first kappa shape index (κ1) is 15.7. The molecular weight excluding hydrogens is 283 g/mol. The molecule has 0 aliphatic carbocycles. The van der Waals surface area contributed by atoms with Crippen molar-refractivity contribution < 1.29 is 14.0 Å². The second kappa shape index (κ2) is 7.36. The van der Waals surface area contributed by atoms with E-state index in [9.17, 15) is 14.0 Å². The van der Waals surface area contributed by atoms with Gasteiger partial charge in [0.15, 0.2) is 0 Å². The van der Waals surface area contributed by atoms with Crippen molar-refractivity contribution >= 4 is 17.5 Å². The van der Waals surface area contributed by atoms with Gasteiger partial charge in [0.25, 0.3) is 5.91 Å². The van der Waals surface area contributed by atoms with Crippen molar-refractivity contribution in [1.82, 2.24) is 5.32 Å². The molecule has 2 rings (SSSR count). The number of nitrogens with one attached hydrogen (secondary N) is 2. The molecule has 0 unspecified atom stereocenters. The van der Waals surface area contributed by atoms with Gasteiger partial charge in [-0.25, -0.2) is 4.39 Å². The Morgan fingerprint density at radius 3 is 2.59 bits per heavy atom. The van der Waals surface area contributed by atoms with Crippen molar-refractivity contribution in [1.29, 1.82) is 0 Å². The van der Waals surface area contributed by atoms with Crippen molar-refractivity contribution in [3.63, 3.8) is 0 Å². The van der Waals surface area contributed by atoms with Crippen LogP contribution in [0.25, 0.3) is 0 Å². The number of amides is 2. The molecule has 0 fully saturated rings. The Morgan fingerprint density at radius 1 is 1.09 bits per heavy atom. The molecule has 114 valence electrons. The van der Waals surface area contributed by atoms with Crippen molar-refractivity contribution in [3.05, 3.63) is 65.5 Å². The van der Waals surface area contributed by atoms with Gasteiger partial charge < -0.3 is 10.6 Å². The first-order valence-corrected chi connectivity index (χ1v) is 6.95. The second-order valence-corrected chi connectivity index (χ2v) is 4.84. The smallest absolute Gasteiger partial charge is 0.251 e. The van der Waals surface area contributed by atoms with E-state index in [-0.39, 0.29) is 24.1 Å². The fourth-order valence-corrected chi connectivity index (χ4v) is 2.06. The quantitative estimate of drug-likeness (QED) is 0.892. The molecule has 0 aliphatic rings. The van der Waals surface area contributed by atoms with E-state index >= 15 is 0 Å². The van der Waals surface area contributed by atoms with Crippen LogP contribution in [0.2, 0.25) is 0 Å². The number of aryl methyl sites for hydroxylation is 1. The zero-order valence-electron chi connectivity index (χ0n) is 12.2. The first-order valence-electron chi connectivity index (χ1n) is 6.95. The lowest BCUT2D eigenvalue weighted by Gasteiger charge is -2.07. The normalized spacial score (nSPS) is 10.1. The van der Waals surface area contributed by atoms with Gasteiger partial charge in [-0.3, -0.25) is 9.59 Å². The molecule has 5 heteroatoms. The summed E-state index contributed by atoms with van der Waals surface area (Å²) in [4.78, 5) is 23.5. The summed E-state index contributed by atoms with van der Waals surface area (Å²) in [5.74, 6) is -0.703. The van der Waals surface area contributed by atoms with Crippen molar-refractivity contribution in [2.75, 3.05) is 12.4 Å². The molecular formula is C17H17FN2O2. The lowest BCUT2D eigenvalue weighted by Crippen LogP contribution is -2.18. The standard InChI is InChI=1S/C17H17FN2O2/c1-19-17(22)13-5-3-7-15(11-13)20-16(21)9-8-12-4-2-6-14(18)10-12/h2-7,10-11H,8-9H2,1H3,(H,19,22)(H,20,21). The Balaban J connectivity index is 1.93. The van der Waals surface area contributed by atoms with E-state index in [2.05, 4.69) is 10.6 Å². The van der Waals surface area contributed by atoms with Gasteiger partial charge >= 0.3 is 0 Å². The molecule has 2 amide bonds. The van der Waals surface area contributed by atoms with E-state index in [0.717, 1.165) is 5.56 Å². The predicted molar refractivity (Wildman–Crippen MR) is 83.2 cm³/mol. The van der Waals surface area contributed by atoms with Crippen LogP contribution < -0.4 is 10.6 Å². The summed E-state index contributed by atoms with van der Waals surface area (Å²) < 4.78 is 13.1. The molecule has 0 atom stereocenters. The van der Waals surface area contributed by atoms with Crippen molar-refractivity contribution in [2.24, 2.45) is 0 Å². The highest BCUT2D eigenvalue weighted by atomic mass is 19.1. The van der Waals surface area contributed by atoms with Crippen LogP contribution in [0.15, 0.2) is 48.5 Å². The van der Waals surface area contributed by atoms with E-state index in [4.69, 9.17) is 0 Å². The van der Waals surface area contributed by atoms with Gasteiger partial charge in [0.05, 0.1) is 0 Å². The predicted octanol–water partition coefficient (Wildman–Crippen LogP) is 2.76. The van der Waals surface area contributed by atoms with Crippen LogP contribution in [0.4, 0.5) is 10.1 Å². The Morgan fingerprint density at radius 2 is 1.86 bits per heavy atom. The Labute approximate surface area is 128 Å². The Kier molecular flexibility index (Phi) is 5.25. The minimum Gasteiger partial charge on any atom is -0.355 e. The highest BCUT2D eigenvalue weighted by Gasteiger charge is 2.07. The molecule has 2 aromatic rings. The van der Waals surface area contributed by atoms with Gasteiger partial charge in [0, 0.05) is 24.7 Å². The third-order valence-corrected chi connectivity index (χ3v) is 3.17. The summed E-state index contributed by atoms with van der Waals surface area (Å²) in [6.07, 6.45) is 0.701. The maximum Gasteiger partial charge on any atom is 0.251 e. The van der Waals surface area contributed by atoms with Gasteiger partial charge in [0.2, 0.25) is 5.91 Å². The highest BCUT2D eigenvalue weighted by Crippen LogP contribution is 2.12. The van der Waals surface area contributed by atoms with E-state index in [0.29, 0.717) is 17.7 Å². The van der Waals surface area contributed by atoms with Crippen molar-refractivity contribution in [3.8, 4) is 0 Å². The molecule has 0 radical (unpaired) electrons. The van der Waals surface area contributed by atoms with Gasteiger partial charge in [-0.05, 0) is 42.3 Å². The monoisotopic (exact) mass is 300 g/mol. The molecule has 0 saturated carbocycles. The van der Waals surface area contributed by atoms with E-state index in [1.54, 1.807) is 43.4 Å². The molecule has 0 spiro atoms. The third kappa shape index (κ3) is 4.41. The highest BCUT2D eigenvalue weighted by molar-refractivity contribution is 5.97. The second-order valence-electron chi connectivity index (χ2n) is 4.84. The molecule has 2 aromatic carbocycles. The van der Waals surface area contributed by atoms with Crippen LogP contribution in [0.3, 0.4) is 0 Å². The molecule has 22 heavy (non-hydrogen) atoms. The summed E-state index contributed by atoms with van der Waals surface area (Å²) >= 11 is 0. The summed E-state index contributed by atoms with van der Waals surface area (Å²) in [5.41, 5.74) is 1.81. The maximum atomic E-state index is 13.1. The lowest BCUT2D eigenvalue weighted by molar-refractivity contribution is -0.116. The van der Waals surface area contributed by atoms with Crippen LogP contribution in [0.5, 0.6) is 0 Å². The lowest BCUT2D eigenvalue weighted by atomic mass is 10.1. The van der Waals surface area contributed by atoms with Gasteiger partial charge in [-0.1, -0.05) is 18.2 Å². The minimum absolute atomic E-state index is 0.182. The van der Waals surface area contributed by atoms with E-state index < -0.39 is 0 Å². The largest absolute Gasteiger partial charge is 0.355 e. The zero-order chi connectivity index (χ0) is 15.9. The molecule has 2 N–H and O–H groups in total. The Hall–Kier alpha value is -2.69. The summed E-state index contributed by atoms with van der Waals surface area (Å²) in [5, 5.41) is 5.26. The molecule has 4 nitrogen and oxygen atoms in total. The third-order valence-electron chi connectivity index (χ3n) is 3.17. The van der Waals surface area contributed by atoms with Crippen LogP contribution in [0, 0.1) is 5.82 Å². The fraction of sp³-hybridized carbons (Fsp3) is 0.176. The zero-order valence-corrected chi connectivity index (χ0v) is 12.2. The van der Waals surface area contributed by atoms with E-state index in [1.807, 2.05) is 0 Å². The maximum absolute atomic E-state index is 13.1. The van der Waals surface area contributed by atoms with Gasteiger partial charge in [-0.15, -0.1) is 0 Å². The molecule has 0 saturated heterocycles. The number of hydrogen-bond acceptors (Lipinski definition) is 2. The summed E-state index contributed by atoms with van der Waals surface area (Å²) in [6.45, 7) is 0. The molecule has 0 bridgehead atoms. The summed E-state index contributed by atoms with van der Waals surface area (Å²) in [7, 11) is 1.55. The average molecular weight is 300 g/mol. The van der Waals surface area contributed by atoms with Crippen LogP contribution in [-0.4, -0.2) is 18.9 Å². The number of rotatable bonds is 5. The molecule has 0 aromatic heterocycles. The number of hydrogen-bond donors (Lipinski definition) is 2. The number of benzene rings is 2. The fourth-order valence-electron chi connectivity index (χ4n) is 2.06.